The second kappa shape index (κ2) is 6.77. The van der Waals surface area contributed by atoms with Crippen LogP contribution in [0.4, 0.5) is 5.82 Å². The molecule has 3 heterocycles. The minimum Gasteiger partial charge on any atom is -0.369 e. The van der Waals surface area contributed by atoms with Crippen LogP contribution in [0.15, 0.2) is 23.6 Å². The molecule has 0 aliphatic rings. The molecule has 0 aromatic carbocycles. The third-order valence-electron chi connectivity index (χ3n) is 4.15. The van der Waals surface area contributed by atoms with Gasteiger partial charge in [0, 0.05) is 29.7 Å². The van der Waals surface area contributed by atoms with Crippen LogP contribution in [-0.4, -0.2) is 46.7 Å². The van der Waals surface area contributed by atoms with Gasteiger partial charge in [-0.2, -0.15) is 9.61 Å². The summed E-state index contributed by atoms with van der Waals surface area (Å²) in [5.41, 5.74) is 4.22. The van der Waals surface area contributed by atoms with Crippen molar-refractivity contribution in [2.45, 2.75) is 27.7 Å². The van der Waals surface area contributed by atoms with Crippen molar-refractivity contribution in [3.8, 4) is 10.4 Å². The SMILES string of the molecule is Cc1cc(NCC(C)(C)CN(C)C)n2nc(C)c(-c3cccs3)c2n1. The van der Waals surface area contributed by atoms with E-state index in [9.17, 15) is 0 Å². The Labute approximate surface area is 153 Å². The molecule has 6 heteroatoms. The fourth-order valence-corrected chi connectivity index (χ4v) is 4.14. The molecule has 0 unspecified atom stereocenters. The van der Waals surface area contributed by atoms with Gasteiger partial charge in [-0.15, -0.1) is 11.3 Å². The molecule has 0 aliphatic heterocycles. The van der Waals surface area contributed by atoms with Crippen LogP contribution in [0.1, 0.15) is 25.2 Å². The molecule has 0 spiro atoms. The highest BCUT2D eigenvalue weighted by Gasteiger charge is 2.21. The molecule has 0 saturated carbocycles. The largest absolute Gasteiger partial charge is 0.369 e. The molecule has 3 rings (SSSR count). The Hall–Kier alpha value is -1.92. The first-order valence-electron chi connectivity index (χ1n) is 8.56. The van der Waals surface area contributed by atoms with E-state index in [0.29, 0.717) is 0 Å². The average molecular weight is 358 g/mol. The molecule has 3 aromatic heterocycles. The van der Waals surface area contributed by atoms with Crippen LogP contribution in [-0.2, 0) is 0 Å². The number of hydrogen-bond acceptors (Lipinski definition) is 5. The Morgan fingerprint density at radius 3 is 2.68 bits per heavy atom. The Kier molecular flexibility index (Phi) is 4.84. The summed E-state index contributed by atoms with van der Waals surface area (Å²) in [5, 5.41) is 10.5. The van der Waals surface area contributed by atoms with E-state index < -0.39 is 0 Å². The van der Waals surface area contributed by atoms with E-state index >= 15 is 0 Å². The number of aromatic nitrogens is 3. The van der Waals surface area contributed by atoms with Crippen molar-refractivity contribution in [1.29, 1.82) is 0 Å². The van der Waals surface area contributed by atoms with Crippen LogP contribution in [0.5, 0.6) is 0 Å². The molecule has 5 nitrogen and oxygen atoms in total. The second-order valence-corrected chi connectivity index (χ2v) is 8.66. The van der Waals surface area contributed by atoms with Crippen molar-refractivity contribution in [1.82, 2.24) is 19.5 Å². The molecule has 0 aliphatic carbocycles. The Bertz CT molecular complexity index is 862. The van der Waals surface area contributed by atoms with E-state index in [2.05, 4.69) is 68.7 Å². The lowest BCUT2D eigenvalue weighted by Crippen LogP contribution is -2.34. The highest BCUT2D eigenvalue weighted by Crippen LogP contribution is 2.32. The quantitative estimate of drug-likeness (QED) is 0.722. The molecule has 1 N–H and O–H groups in total. The van der Waals surface area contributed by atoms with E-state index in [1.807, 2.05) is 11.4 Å². The zero-order valence-corrected chi connectivity index (χ0v) is 16.7. The summed E-state index contributed by atoms with van der Waals surface area (Å²) in [7, 11) is 4.22. The van der Waals surface area contributed by atoms with E-state index in [4.69, 9.17) is 10.1 Å². The smallest absolute Gasteiger partial charge is 0.166 e. The molecule has 0 amide bonds. The monoisotopic (exact) mass is 357 g/mol. The van der Waals surface area contributed by atoms with Crippen LogP contribution in [0.3, 0.4) is 0 Å². The van der Waals surface area contributed by atoms with Gasteiger partial charge in [0.25, 0.3) is 0 Å². The lowest BCUT2D eigenvalue weighted by atomic mass is 9.93. The van der Waals surface area contributed by atoms with Gasteiger partial charge in [0.2, 0.25) is 0 Å². The highest BCUT2D eigenvalue weighted by atomic mass is 32.1. The van der Waals surface area contributed by atoms with Gasteiger partial charge in [0.05, 0.1) is 11.3 Å². The maximum absolute atomic E-state index is 4.76. The van der Waals surface area contributed by atoms with Crippen molar-refractivity contribution >= 4 is 22.8 Å². The lowest BCUT2D eigenvalue weighted by molar-refractivity contribution is 0.254. The first-order valence-corrected chi connectivity index (χ1v) is 9.44. The van der Waals surface area contributed by atoms with Gasteiger partial charge in [0.1, 0.15) is 5.82 Å². The molecular weight excluding hydrogens is 330 g/mol. The van der Waals surface area contributed by atoms with Crippen LogP contribution < -0.4 is 5.32 Å². The topological polar surface area (TPSA) is 45.5 Å². The molecular formula is C19H27N5S. The maximum Gasteiger partial charge on any atom is 0.166 e. The lowest BCUT2D eigenvalue weighted by Gasteiger charge is -2.29. The first-order chi connectivity index (χ1) is 11.8. The summed E-state index contributed by atoms with van der Waals surface area (Å²) in [6.07, 6.45) is 0. The van der Waals surface area contributed by atoms with Crippen LogP contribution in [0, 0.1) is 19.3 Å². The van der Waals surface area contributed by atoms with Crippen molar-refractivity contribution in [2.75, 3.05) is 32.5 Å². The highest BCUT2D eigenvalue weighted by molar-refractivity contribution is 7.13. The van der Waals surface area contributed by atoms with Gasteiger partial charge in [-0.05, 0) is 44.8 Å². The van der Waals surface area contributed by atoms with Crippen LogP contribution in [0.25, 0.3) is 16.1 Å². The minimum atomic E-state index is 0.159. The maximum atomic E-state index is 4.76. The van der Waals surface area contributed by atoms with E-state index in [-0.39, 0.29) is 5.41 Å². The van der Waals surface area contributed by atoms with E-state index in [1.165, 1.54) is 4.88 Å². The van der Waals surface area contributed by atoms with Crippen molar-refractivity contribution < 1.29 is 0 Å². The molecule has 3 aromatic rings. The van der Waals surface area contributed by atoms with E-state index in [0.717, 1.165) is 41.5 Å². The summed E-state index contributed by atoms with van der Waals surface area (Å²) >= 11 is 1.73. The van der Waals surface area contributed by atoms with E-state index in [1.54, 1.807) is 11.3 Å². The minimum absolute atomic E-state index is 0.159. The average Bonchev–Trinajstić information content (AvgIpc) is 3.10. The summed E-state index contributed by atoms with van der Waals surface area (Å²) in [6, 6.07) is 6.27. The number of thiophene rings is 1. The predicted molar refractivity (Wildman–Crippen MR) is 107 cm³/mol. The van der Waals surface area contributed by atoms with Gasteiger partial charge >= 0.3 is 0 Å². The summed E-state index contributed by atoms with van der Waals surface area (Å²) in [4.78, 5) is 8.20. The first kappa shape index (κ1) is 17.9. The Balaban J connectivity index is 1.98. The Morgan fingerprint density at radius 2 is 2.04 bits per heavy atom. The molecule has 134 valence electrons. The Morgan fingerprint density at radius 1 is 1.28 bits per heavy atom. The zero-order chi connectivity index (χ0) is 18.2. The van der Waals surface area contributed by atoms with Crippen molar-refractivity contribution in [3.63, 3.8) is 0 Å². The number of rotatable bonds is 6. The van der Waals surface area contributed by atoms with Gasteiger partial charge in [-0.3, -0.25) is 0 Å². The van der Waals surface area contributed by atoms with Gasteiger partial charge < -0.3 is 10.2 Å². The van der Waals surface area contributed by atoms with Gasteiger partial charge in [-0.25, -0.2) is 4.98 Å². The predicted octanol–water partition coefficient (Wildman–Crippen LogP) is 4.07. The molecule has 0 saturated heterocycles. The number of fused-ring (bicyclic) bond motifs is 1. The summed E-state index contributed by atoms with van der Waals surface area (Å²) < 4.78 is 1.95. The summed E-state index contributed by atoms with van der Waals surface area (Å²) in [5.74, 6) is 1.00. The van der Waals surface area contributed by atoms with Crippen LogP contribution >= 0.6 is 11.3 Å². The van der Waals surface area contributed by atoms with Crippen LogP contribution in [0.2, 0.25) is 0 Å². The molecule has 0 bridgehead atoms. The molecule has 25 heavy (non-hydrogen) atoms. The van der Waals surface area contributed by atoms with Crippen molar-refractivity contribution in [3.05, 3.63) is 35.0 Å². The van der Waals surface area contributed by atoms with Gasteiger partial charge in [-0.1, -0.05) is 19.9 Å². The molecule has 0 fully saturated rings. The molecule has 0 atom stereocenters. The number of nitrogens with one attached hydrogen (secondary N) is 1. The van der Waals surface area contributed by atoms with Crippen molar-refractivity contribution in [2.24, 2.45) is 5.41 Å². The molecule has 0 radical (unpaired) electrons. The third kappa shape index (κ3) is 3.85. The fourth-order valence-electron chi connectivity index (χ4n) is 3.32. The summed E-state index contributed by atoms with van der Waals surface area (Å²) in [6.45, 7) is 10.5. The third-order valence-corrected chi connectivity index (χ3v) is 5.04. The number of hydrogen-bond donors (Lipinski definition) is 1. The standard InChI is InChI=1S/C19H27N5S/c1-13-10-16(20-11-19(3,4)12-23(5)6)24-18(21-13)17(14(2)22-24)15-8-7-9-25-15/h7-10,20H,11-12H2,1-6H3. The number of aryl methyl sites for hydroxylation is 2. The zero-order valence-electron chi connectivity index (χ0n) is 15.9. The number of nitrogens with zero attached hydrogens (tertiary/aromatic N) is 4. The fraction of sp³-hybridized carbons (Fsp3) is 0.474. The normalized spacial score (nSPS) is 12.3. The van der Waals surface area contributed by atoms with Gasteiger partial charge in [0.15, 0.2) is 5.65 Å². The number of anilines is 1. The second-order valence-electron chi connectivity index (χ2n) is 7.71.